The van der Waals surface area contributed by atoms with Gasteiger partial charge >= 0.3 is 0 Å². The second-order valence-electron chi connectivity index (χ2n) is 11.3. The van der Waals surface area contributed by atoms with Crippen LogP contribution in [0.2, 0.25) is 0 Å². The summed E-state index contributed by atoms with van der Waals surface area (Å²) in [7, 11) is 1.79. The fourth-order valence-electron chi connectivity index (χ4n) is 6.81. The van der Waals surface area contributed by atoms with E-state index in [0.29, 0.717) is 24.2 Å². The summed E-state index contributed by atoms with van der Waals surface area (Å²) >= 11 is 7.59. The summed E-state index contributed by atoms with van der Waals surface area (Å²) in [5.41, 5.74) is 6.71. The molecule has 2 fully saturated rings. The van der Waals surface area contributed by atoms with Gasteiger partial charge in [-0.25, -0.2) is 4.99 Å². The number of halogens is 2. The molecule has 1 aromatic carbocycles. The van der Waals surface area contributed by atoms with Gasteiger partial charge in [0.05, 0.1) is 5.69 Å². The molecule has 3 heterocycles. The lowest BCUT2D eigenvalue weighted by Crippen LogP contribution is -2.42. The van der Waals surface area contributed by atoms with Crippen molar-refractivity contribution in [3.8, 4) is 0 Å². The van der Waals surface area contributed by atoms with Gasteiger partial charge < -0.3 is 9.80 Å². The van der Waals surface area contributed by atoms with E-state index in [1.807, 2.05) is 13.1 Å². The van der Waals surface area contributed by atoms with Gasteiger partial charge in [0.2, 0.25) is 11.9 Å². The van der Waals surface area contributed by atoms with Crippen LogP contribution in [0.5, 0.6) is 0 Å². The lowest BCUT2D eigenvalue weighted by molar-refractivity contribution is -0.134. The Bertz CT molecular complexity index is 1260. The standard InChI is InChI=1S/C31H39Br2N5O/c1-4-35-31(34-3)38-11-7-21(8-12-38)17-27(39)37-13-9-22(10-14-37)29-28-23(15-20(2)16-26(28)33)5-6-24-18-25(32)19-36-30(24)29/h4,15-16,18-19,21-22,29H,5-14,17H2,1-3H3/b34-31?,35-4-. The molecule has 0 bridgehead atoms. The first-order chi connectivity index (χ1) is 18.9. The zero-order valence-electron chi connectivity index (χ0n) is 23.3. The fourth-order valence-corrected chi connectivity index (χ4v) is 8.05. The highest BCUT2D eigenvalue weighted by atomic mass is 79.9. The van der Waals surface area contributed by atoms with Crippen LogP contribution in [0.15, 0.2) is 43.3 Å². The van der Waals surface area contributed by atoms with Crippen LogP contribution in [0.25, 0.3) is 0 Å². The Balaban J connectivity index is 1.25. The van der Waals surface area contributed by atoms with Crippen LogP contribution in [0.1, 0.15) is 72.9 Å². The molecule has 0 radical (unpaired) electrons. The molecule has 0 spiro atoms. The molecule has 208 valence electrons. The van der Waals surface area contributed by atoms with Gasteiger partial charge in [0.1, 0.15) is 0 Å². The van der Waals surface area contributed by atoms with Crippen LogP contribution >= 0.6 is 31.9 Å². The Morgan fingerprint density at radius 3 is 2.41 bits per heavy atom. The molecule has 6 nitrogen and oxygen atoms in total. The van der Waals surface area contributed by atoms with Gasteiger partial charge in [0.25, 0.3) is 0 Å². The highest BCUT2D eigenvalue weighted by Crippen LogP contribution is 2.45. The predicted molar refractivity (Wildman–Crippen MR) is 166 cm³/mol. The molecule has 8 heteroatoms. The first-order valence-corrected chi connectivity index (χ1v) is 15.9. The number of carbonyl (C=O) groups is 1. The lowest BCUT2D eigenvalue weighted by atomic mass is 9.76. The minimum atomic E-state index is 0.252. The van der Waals surface area contributed by atoms with Crippen molar-refractivity contribution in [2.45, 2.75) is 64.7 Å². The third-order valence-corrected chi connectivity index (χ3v) is 9.86. The molecule has 5 rings (SSSR count). The Labute approximate surface area is 249 Å². The maximum atomic E-state index is 13.3. The van der Waals surface area contributed by atoms with Gasteiger partial charge in [-0.05, 0) is 115 Å². The number of aryl methyl sites for hydroxylation is 3. The maximum absolute atomic E-state index is 13.3. The second-order valence-corrected chi connectivity index (χ2v) is 13.0. The van der Waals surface area contributed by atoms with Gasteiger partial charge in [-0.15, -0.1) is 0 Å². The van der Waals surface area contributed by atoms with E-state index >= 15 is 0 Å². The molecule has 2 aliphatic heterocycles. The maximum Gasteiger partial charge on any atom is 0.222 e. The van der Waals surface area contributed by atoms with E-state index in [2.05, 4.69) is 76.8 Å². The van der Waals surface area contributed by atoms with Crippen LogP contribution in [0.3, 0.4) is 0 Å². The van der Waals surface area contributed by atoms with Gasteiger partial charge in [0.15, 0.2) is 0 Å². The molecule has 2 aromatic rings. The minimum Gasteiger partial charge on any atom is -0.343 e. The monoisotopic (exact) mass is 655 g/mol. The van der Waals surface area contributed by atoms with E-state index in [-0.39, 0.29) is 5.92 Å². The molecule has 1 atom stereocenters. The number of carbonyl (C=O) groups excluding carboxylic acids is 1. The molecule has 39 heavy (non-hydrogen) atoms. The highest BCUT2D eigenvalue weighted by Gasteiger charge is 2.36. The van der Waals surface area contributed by atoms with E-state index in [0.717, 1.165) is 75.1 Å². The summed E-state index contributed by atoms with van der Waals surface area (Å²) < 4.78 is 2.24. The fraction of sp³-hybridized carbons (Fsp3) is 0.548. The average Bonchev–Trinajstić information content (AvgIpc) is 3.09. The van der Waals surface area contributed by atoms with Crippen LogP contribution in [-0.4, -0.2) is 66.1 Å². The van der Waals surface area contributed by atoms with Crippen molar-refractivity contribution in [3.63, 3.8) is 0 Å². The van der Waals surface area contributed by atoms with Gasteiger partial charge in [0, 0.05) is 66.9 Å². The first kappa shape index (κ1) is 28.5. The molecule has 0 N–H and O–H groups in total. The zero-order valence-corrected chi connectivity index (χ0v) is 26.5. The third-order valence-electron chi connectivity index (χ3n) is 8.77. The molecule has 0 saturated carbocycles. The van der Waals surface area contributed by atoms with E-state index in [9.17, 15) is 4.79 Å². The van der Waals surface area contributed by atoms with Crippen LogP contribution in [0, 0.1) is 18.8 Å². The zero-order chi connectivity index (χ0) is 27.5. The van der Waals surface area contributed by atoms with Crippen molar-refractivity contribution in [1.82, 2.24) is 14.8 Å². The molecular formula is C31H39Br2N5O. The molecule has 3 aliphatic rings. The highest BCUT2D eigenvalue weighted by molar-refractivity contribution is 9.10. The number of nitrogens with zero attached hydrogens (tertiary/aromatic N) is 5. The summed E-state index contributed by atoms with van der Waals surface area (Å²) in [6.07, 6.45) is 10.5. The Hall–Kier alpha value is -2.06. The average molecular weight is 657 g/mol. The van der Waals surface area contributed by atoms with Crippen LogP contribution in [0.4, 0.5) is 0 Å². The number of pyridine rings is 1. The van der Waals surface area contributed by atoms with Crippen molar-refractivity contribution in [3.05, 3.63) is 61.3 Å². The largest absolute Gasteiger partial charge is 0.343 e. The number of amides is 1. The third kappa shape index (κ3) is 6.32. The Kier molecular flexibility index (Phi) is 9.22. The quantitative estimate of drug-likeness (QED) is 0.278. The molecular weight excluding hydrogens is 618 g/mol. The van der Waals surface area contributed by atoms with E-state index in [1.165, 1.54) is 32.4 Å². The SMILES string of the molecule is C/C=N\C(=NC)N1CCC(CC(=O)N2CCC(C3c4ncc(Br)cc4CCc4cc(C)cc(Br)c43)CC2)CC1. The number of fused-ring (bicyclic) bond motifs is 2. The summed E-state index contributed by atoms with van der Waals surface area (Å²) in [5, 5.41) is 0. The van der Waals surface area contributed by atoms with Crippen LogP contribution in [-0.2, 0) is 17.6 Å². The number of hydrogen-bond acceptors (Lipinski definition) is 3. The van der Waals surface area contributed by atoms with Crippen molar-refractivity contribution < 1.29 is 4.79 Å². The number of benzene rings is 1. The number of rotatable bonds is 3. The summed E-state index contributed by atoms with van der Waals surface area (Å²) in [4.78, 5) is 31.4. The number of guanidine groups is 1. The predicted octanol–water partition coefficient (Wildman–Crippen LogP) is 6.56. The van der Waals surface area contributed by atoms with Crippen LogP contribution < -0.4 is 0 Å². The van der Waals surface area contributed by atoms with Crippen molar-refractivity contribution in [1.29, 1.82) is 0 Å². The first-order valence-electron chi connectivity index (χ1n) is 14.3. The van der Waals surface area contributed by atoms with Gasteiger partial charge in [-0.2, -0.15) is 0 Å². The molecule has 1 aliphatic carbocycles. The molecule has 2 saturated heterocycles. The normalized spacial score (nSPS) is 21.2. The number of aliphatic imine (C=N–C) groups is 2. The van der Waals surface area contributed by atoms with Gasteiger partial charge in [-0.3, -0.25) is 14.8 Å². The van der Waals surface area contributed by atoms with Gasteiger partial charge in [-0.1, -0.05) is 22.0 Å². The van der Waals surface area contributed by atoms with Crippen molar-refractivity contribution >= 4 is 49.9 Å². The number of likely N-dealkylation sites (tertiary alicyclic amines) is 2. The number of hydrogen-bond donors (Lipinski definition) is 0. The summed E-state index contributed by atoms with van der Waals surface area (Å²) in [5.74, 6) is 2.28. The number of aromatic nitrogens is 1. The molecule has 1 unspecified atom stereocenters. The minimum absolute atomic E-state index is 0.252. The Morgan fingerprint density at radius 2 is 1.72 bits per heavy atom. The molecule has 1 amide bonds. The number of piperidine rings is 2. The summed E-state index contributed by atoms with van der Waals surface area (Å²) in [6, 6.07) is 6.88. The van der Waals surface area contributed by atoms with E-state index < -0.39 is 0 Å². The van der Waals surface area contributed by atoms with Crippen molar-refractivity contribution in [2.24, 2.45) is 21.8 Å². The van der Waals surface area contributed by atoms with E-state index in [4.69, 9.17) is 4.98 Å². The second kappa shape index (κ2) is 12.6. The lowest BCUT2D eigenvalue weighted by Gasteiger charge is -2.38. The van der Waals surface area contributed by atoms with E-state index in [1.54, 1.807) is 13.3 Å². The summed E-state index contributed by atoms with van der Waals surface area (Å²) in [6.45, 7) is 7.60. The molecule has 1 aromatic heterocycles. The van der Waals surface area contributed by atoms with Crippen molar-refractivity contribution in [2.75, 3.05) is 33.2 Å². The topological polar surface area (TPSA) is 61.2 Å². The Morgan fingerprint density at radius 1 is 1.03 bits per heavy atom. The smallest absolute Gasteiger partial charge is 0.222 e.